The molecule has 0 spiro atoms. The van der Waals surface area contributed by atoms with Gasteiger partial charge in [-0.3, -0.25) is 4.79 Å². The molecule has 1 saturated heterocycles. The first-order valence-corrected chi connectivity index (χ1v) is 7.28. The van der Waals surface area contributed by atoms with E-state index in [1.54, 1.807) is 0 Å². The summed E-state index contributed by atoms with van der Waals surface area (Å²) in [6, 6.07) is 6.53. The first kappa shape index (κ1) is 12.7. The molecular formula is C16H22N2O. The zero-order valence-electron chi connectivity index (χ0n) is 11.8. The Morgan fingerprint density at radius 1 is 1.21 bits per heavy atom. The number of carbonyl (C=O) groups is 1. The zero-order valence-corrected chi connectivity index (χ0v) is 11.8. The number of fused-ring (bicyclic) bond motifs is 1. The molecular weight excluding hydrogens is 236 g/mol. The number of amides is 1. The lowest BCUT2D eigenvalue weighted by atomic mass is 9.94. The maximum atomic E-state index is 12.7. The van der Waals surface area contributed by atoms with E-state index in [1.807, 2.05) is 6.07 Å². The van der Waals surface area contributed by atoms with Gasteiger partial charge in [0, 0.05) is 31.2 Å². The molecule has 3 rings (SSSR count). The van der Waals surface area contributed by atoms with Gasteiger partial charge >= 0.3 is 0 Å². The Kier molecular flexibility index (Phi) is 3.31. The van der Waals surface area contributed by atoms with Crippen LogP contribution in [0.4, 0.5) is 0 Å². The van der Waals surface area contributed by atoms with Gasteiger partial charge in [-0.25, -0.2) is 0 Å². The van der Waals surface area contributed by atoms with Crippen LogP contribution >= 0.6 is 0 Å². The number of rotatable bonds is 1. The van der Waals surface area contributed by atoms with E-state index < -0.39 is 0 Å². The predicted molar refractivity (Wildman–Crippen MR) is 75.9 cm³/mol. The summed E-state index contributed by atoms with van der Waals surface area (Å²) >= 11 is 0. The normalized spacial score (nSPS) is 26.3. The molecule has 1 aromatic rings. The third kappa shape index (κ3) is 2.39. The molecule has 1 fully saturated rings. The van der Waals surface area contributed by atoms with Crippen molar-refractivity contribution in [1.29, 1.82) is 0 Å². The minimum Gasteiger partial charge on any atom is -0.336 e. The number of hydrogen-bond acceptors (Lipinski definition) is 2. The van der Waals surface area contributed by atoms with Crippen LogP contribution in [0.3, 0.4) is 0 Å². The van der Waals surface area contributed by atoms with Gasteiger partial charge in [-0.2, -0.15) is 0 Å². The van der Waals surface area contributed by atoms with Gasteiger partial charge in [-0.1, -0.05) is 13.0 Å². The van der Waals surface area contributed by atoms with Crippen molar-refractivity contribution >= 4 is 5.91 Å². The zero-order chi connectivity index (χ0) is 13.4. The minimum atomic E-state index is 0.203. The molecule has 3 nitrogen and oxygen atoms in total. The van der Waals surface area contributed by atoms with E-state index in [0.717, 1.165) is 31.6 Å². The molecule has 0 aliphatic carbocycles. The van der Waals surface area contributed by atoms with Crippen molar-refractivity contribution in [2.75, 3.05) is 6.54 Å². The van der Waals surface area contributed by atoms with Crippen LogP contribution in [0.2, 0.25) is 0 Å². The summed E-state index contributed by atoms with van der Waals surface area (Å²) in [6.07, 6.45) is 2.36. The van der Waals surface area contributed by atoms with Gasteiger partial charge in [0.2, 0.25) is 0 Å². The molecule has 0 aromatic heterocycles. The number of nitrogens with zero attached hydrogens (tertiary/aromatic N) is 1. The van der Waals surface area contributed by atoms with Gasteiger partial charge < -0.3 is 10.2 Å². The molecule has 1 N–H and O–H groups in total. The van der Waals surface area contributed by atoms with Crippen LogP contribution in [-0.4, -0.2) is 23.4 Å². The highest BCUT2D eigenvalue weighted by Gasteiger charge is 2.28. The third-order valence-electron chi connectivity index (χ3n) is 4.46. The van der Waals surface area contributed by atoms with Crippen molar-refractivity contribution in [3.8, 4) is 0 Å². The Morgan fingerprint density at radius 3 is 2.84 bits per heavy atom. The second kappa shape index (κ2) is 4.97. The number of carbonyl (C=O) groups excluding carboxylic acids is 1. The summed E-state index contributed by atoms with van der Waals surface area (Å²) in [5.74, 6) is 0.824. The Morgan fingerprint density at radius 2 is 2.00 bits per heavy atom. The summed E-state index contributed by atoms with van der Waals surface area (Å²) < 4.78 is 0. The van der Waals surface area contributed by atoms with Crippen LogP contribution in [-0.2, 0) is 13.1 Å². The molecule has 3 heteroatoms. The number of hydrogen-bond donors (Lipinski definition) is 1. The highest BCUT2D eigenvalue weighted by Crippen LogP contribution is 2.24. The maximum Gasteiger partial charge on any atom is 0.254 e. The monoisotopic (exact) mass is 258 g/mol. The number of benzene rings is 1. The van der Waals surface area contributed by atoms with Crippen molar-refractivity contribution in [3.63, 3.8) is 0 Å². The SMILES string of the molecule is CC1CCC(C)N(C(=O)c2ccc3c(c2)CNC3)C1. The van der Waals surface area contributed by atoms with E-state index in [1.165, 1.54) is 17.5 Å². The van der Waals surface area contributed by atoms with E-state index in [0.29, 0.717) is 12.0 Å². The van der Waals surface area contributed by atoms with Crippen molar-refractivity contribution in [2.24, 2.45) is 5.92 Å². The first-order valence-electron chi connectivity index (χ1n) is 7.28. The fraction of sp³-hybridized carbons (Fsp3) is 0.562. The van der Waals surface area contributed by atoms with Crippen molar-refractivity contribution in [1.82, 2.24) is 10.2 Å². The molecule has 2 atom stereocenters. The molecule has 2 heterocycles. The van der Waals surface area contributed by atoms with Gasteiger partial charge in [0.05, 0.1) is 0 Å². The average molecular weight is 258 g/mol. The summed E-state index contributed by atoms with van der Waals surface area (Å²) in [7, 11) is 0. The van der Waals surface area contributed by atoms with Crippen molar-refractivity contribution in [2.45, 2.75) is 45.8 Å². The van der Waals surface area contributed by atoms with Crippen molar-refractivity contribution in [3.05, 3.63) is 34.9 Å². The standard InChI is InChI=1S/C16H22N2O/c1-11-3-4-12(2)18(10-11)16(19)13-5-6-14-8-17-9-15(14)7-13/h5-7,11-12,17H,3-4,8-10H2,1-2H3. The lowest BCUT2D eigenvalue weighted by Crippen LogP contribution is -2.44. The molecule has 2 unspecified atom stereocenters. The summed E-state index contributed by atoms with van der Waals surface area (Å²) in [6.45, 7) is 7.12. The topological polar surface area (TPSA) is 32.3 Å². The van der Waals surface area contributed by atoms with E-state index in [9.17, 15) is 4.79 Å². The maximum absolute atomic E-state index is 12.7. The highest BCUT2D eigenvalue weighted by atomic mass is 16.2. The summed E-state index contributed by atoms with van der Waals surface area (Å²) in [5.41, 5.74) is 3.46. The quantitative estimate of drug-likeness (QED) is 0.839. The molecule has 0 saturated carbocycles. The lowest BCUT2D eigenvalue weighted by molar-refractivity contribution is 0.0574. The molecule has 2 aliphatic heterocycles. The lowest BCUT2D eigenvalue weighted by Gasteiger charge is -2.37. The Hall–Kier alpha value is -1.35. The number of nitrogens with one attached hydrogen (secondary N) is 1. The van der Waals surface area contributed by atoms with E-state index in [-0.39, 0.29) is 5.91 Å². The van der Waals surface area contributed by atoms with Gasteiger partial charge in [0.1, 0.15) is 0 Å². The van der Waals surface area contributed by atoms with Crippen LogP contribution in [0.25, 0.3) is 0 Å². The number of likely N-dealkylation sites (tertiary alicyclic amines) is 1. The van der Waals surface area contributed by atoms with Crippen LogP contribution in [0.1, 0.15) is 48.2 Å². The summed E-state index contributed by atoms with van der Waals surface area (Å²) in [4.78, 5) is 14.7. The number of piperidine rings is 1. The van der Waals surface area contributed by atoms with Crippen LogP contribution in [0, 0.1) is 5.92 Å². The molecule has 0 bridgehead atoms. The van der Waals surface area contributed by atoms with Gasteiger partial charge in [0.15, 0.2) is 0 Å². The predicted octanol–water partition coefficient (Wildman–Crippen LogP) is 2.55. The second-order valence-corrected chi connectivity index (χ2v) is 6.08. The molecule has 2 aliphatic rings. The van der Waals surface area contributed by atoms with Crippen LogP contribution in [0.15, 0.2) is 18.2 Å². The van der Waals surface area contributed by atoms with Crippen LogP contribution < -0.4 is 5.32 Å². The van der Waals surface area contributed by atoms with Gasteiger partial charge in [0.25, 0.3) is 5.91 Å². The molecule has 1 aromatic carbocycles. The second-order valence-electron chi connectivity index (χ2n) is 6.08. The Bertz CT molecular complexity index is 498. The Balaban J connectivity index is 1.83. The van der Waals surface area contributed by atoms with E-state index >= 15 is 0 Å². The average Bonchev–Trinajstić information content (AvgIpc) is 2.88. The highest BCUT2D eigenvalue weighted by molar-refractivity contribution is 5.94. The van der Waals surface area contributed by atoms with E-state index in [4.69, 9.17) is 0 Å². The fourth-order valence-electron chi connectivity index (χ4n) is 3.17. The minimum absolute atomic E-state index is 0.203. The fourth-order valence-corrected chi connectivity index (χ4v) is 3.17. The van der Waals surface area contributed by atoms with Crippen LogP contribution in [0.5, 0.6) is 0 Å². The smallest absolute Gasteiger partial charge is 0.254 e. The largest absolute Gasteiger partial charge is 0.336 e. The molecule has 0 radical (unpaired) electrons. The van der Waals surface area contributed by atoms with Crippen molar-refractivity contribution < 1.29 is 4.79 Å². The third-order valence-corrected chi connectivity index (χ3v) is 4.46. The Labute approximate surface area is 115 Å². The first-order chi connectivity index (χ1) is 9.15. The van der Waals surface area contributed by atoms with Gasteiger partial charge in [-0.15, -0.1) is 0 Å². The molecule has 102 valence electrons. The van der Waals surface area contributed by atoms with Gasteiger partial charge in [-0.05, 0) is 48.9 Å². The molecule has 1 amide bonds. The molecule has 19 heavy (non-hydrogen) atoms. The summed E-state index contributed by atoms with van der Waals surface area (Å²) in [5, 5.41) is 3.32. The van der Waals surface area contributed by atoms with E-state index in [2.05, 4.69) is 36.2 Å².